The molecule has 4 rings (SSSR count). The first kappa shape index (κ1) is 12.9. The number of aryl methyl sites for hydroxylation is 1. The van der Waals surface area contributed by atoms with Gasteiger partial charge in [-0.05, 0) is 31.9 Å². The molecule has 0 radical (unpaired) electrons. The molecular weight excluding hydrogens is 280 g/mol. The molecule has 0 amide bonds. The van der Waals surface area contributed by atoms with Crippen LogP contribution >= 0.6 is 0 Å². The number of para-hydroxylation sites is 1. The van der Waals surface area contributed by atoms with E-state index in [4.69, 9.17) is 4.74 Å². The number of hydrogen-bond acceptors (Lipinski definition) is 5. The van der Waals surface area contributed by atoms with Crippen LogP contribution in [0.4, 0.5) is 0 Å². The molecule has 2 aromatic heterocycles. The third-order valence-corrected chi connectivity index (χ3v) is 3.64. The Kier molecular flexibility index (Phi) is 2.89. The predicted molar refractivity (Wildman–Crippen MR) is 81.1 cm³/mol. The average molecular weight is 294 g/mol. The Morgan fingerprint density at radius 2 is 1.95 bits per heavy atom. The molecule has 2 heterocycles. The van der Waals surface area contributed by atoms with Crippen LogP contribution in [0.25, 0.3) is 11.2 Å². The summed E-state index contributed by atoms with van der Waals surface area (Å²) >= 11 is 0. The molecule has 0 spiro atoms. The van der Waals surface area contributed by atoms with Gasteiger partial charge in [-0.1, -0.05) is 18.2 Å². The number of benzene rings is 1. The number of hydrogen-bond donors (Lipinski definition) is 0. The second-order valence-electron chi connectivity index (χ2n) is 5.38. The van der Waals surface area contributed by atoms with Crippen LogP contribution < -0.4 is 10.3 Å². The molecule has 1 aliphatic rings. The van der Waals surface area contributed by atoms with E-state index in [-0.39, 0.29) is 17.6 Å². The first-order valence-corrected chi connectivity index (χ1v) is 7.21. The molecule has 0 N–H and O–H groups in total. The van der Waals surface area contributed by atoms with Crippen molar-refractivity contribution in [1.29, 1.82) is 0 Å². The van der Waals surface area contributed by atoms with Gasteiger partial charge in [-0.25, -0.2) is 9.97 Å². The van der Waals surface area contributed by atoms with Crippen molar-refractivity contribution in [2.24, 2.45) is 0 Å². The van der Waals surface area contributed by atoms with Crippen LogP contribution in [0.2, 0.25) is 0 Å². The van der Waals surface area contributed by atoms with Gasteiger partial charge in [0, 0.05) is 6.04 Å². The molecule has 6 nitrogen and oxygen atoms in total. The fraction of sp³-hybridized carbons (Fsp3) is 0.250. The van der Waals surface area contributed by atoms with E-state index in [1.165, 1.54) is 0 Å². The summed E-state index contributed by atoms with van der Waals surface area (Å²) in [4.78, 5) is 25.2. The maximum atomic E-state index is 12.3. The summed E-state index contributed by atoms with van der Waals surface area (Å²) < 4.78 is 7.37. The third kappa shape index (κ3) is 2.22. The van der Waals surface area contributed by atoms with Crippen LogP contribution in [-0.2, 0) is 0 Å². The van der Waals surface area contributed by atoms with E-state index in [1.807, 2.05) is 30.3 Å². The van der Waals surface area contributed by atoms with Crippen molar-refractivity contribution in [2.75, 3.05) is 0 Å². The van der Waals surface area contributed by atoms with Gasteiger partial charge in [0.15, 0.2) is 5.65 Å². The van der Waals surface area contributed by atoms with Crippen LogP contribution in [-0.4, -0.2) is 19.5 Å². The minimum atomic E-state index is -0.0839. The summed E-state index contributed by atoms with van der Waals surface area (Å²) in [6.07, 6.45) is 3.60. The molecule has 0 saturated heterocycles. The van der Waals surface area contributed by atoms with E-state index < -0.39 is 0 Å². The van der Waals surface area contributed by atoms with Gasteiger partial charge >= 0.3 is 6.01 Å². The lowest BCUT2D eigenvalue weighted by Crippen LogP contribution is -2.24. The molecule has 1 aromatic carbocycles. The molecule has 0 aliphatic heterocycles. The van der Waals surface area contributed by atoms with E-state index in [9.17, 15) is 4.79 Å². The SMILES string of the molecule is Cc1nc2cnc(Oc3ccccc3)nc2n(C2CC2)c1=O. The van der Waals surface area contributed by atoms with E-state index in [0.29, 0.717) is 22.6 Å². The monoisotopic (exact) mass is 294 g/mol. The number of nitrogens with zero attached hydrogens (tertiary/aromatic N) is 4. The van der Waals surface area contributed by atoms with Gasteiger partial charge in [0.05, 0.1) is 6.20 Å². The van der Waals surface area contributed by atoms with Crippen LogP contribution in [0.5, 0.6) is 11.8 Å². The van der Waals surface area contributed by atoms with Crippen molar-refractivity contribution in [3.63, 3.8) is 0 Å². The Morgan fingerprint density at radius 1 is 1.18 bits per heavy atom. The number of rotatable bonds is 3. The Morgan fingerprint density at radius 3 is 2.68 bits per heavy atom. The minimum Gasteiger partial charge on any atom is -0.424 e. The van der Waals surface area contributed by atoms with Gasteiger partial charge in [-0.15, -0.1) is 0 Å². The highest BCUT2D eigenvalue weighted by molar-refractivity contribution is 5.69. The third-order valence-electron chi connectivity index (χ3n) is 3.64. The molecular formula is C16H14N4O2. The fourth-order valence-electron chi connectivity index (χ4n) is 2.42. The highest BCUT2D eigenvalue weighted by Crippen LogP contribution is 2.35. The summed E-state index contributed by atoms with van der Waals surface area (Å²) in [6, 6.07) is 9.76. The standard InChI is InChI=1S/C16H14N4O2/c1-10-15(21)20(11-7-8-11)14-13(18-10)9-17-16(19-14)22-12-5-3-2-4-6-12/h2-6,9,11H,7-8H2,1H3. The highest BCUT2D eigenvalue weighted by atomic mass is 16.5. The largest absolute Gasteiger partial charge is 0.424 e. The lowest BCUT2D eigenvalue weighted by molar-refractivity contribution is 0.442. The van der Waals surface area contributed by atoms with Crippen molar-refractivity contribution in [3.05, 3.63) is 52.6 Å². The minimum absolute atomic E-state index is 0.0839. The Hall–Kier alpha value is -2.76. The highest BCUT2D eigenvalue weighted by Gasteiger charge is 2.28. The van der Waals surface area contributed by atoms with Crippen molar-refractivity contribution in [1.82, 2.24) is 19.5 Å². The van der Waals surface area contributed by atoms with E-state index in [1.54, 1.807) is 17.7 Å². The average Bonchev–Trinajstić information content (AvgIpc) is 3.35. The van der Waals surface area contributed by atoms with Gasteiger partial charge in [0.2, 0.25) is 0 Å². The molecule has 0 unspecified atom stereocenters. The van der Waals surface area contributed by atoms with Gasteiger partial charge in [0.25, 0.3) is 5.56 Å². The molecule has 6 heteroatoms. The molecule has 1 fully saturated rings. The second-order valence-corrected chi connectivity index (χ2v) is 5.38. The van der Waals surface area contributed by atoms with Crippen LogP contribution in [0.1, 0.15) is 24.6 Å². The molecule has 22 heavy (non-hydrogen) atoms. The van der Waals surface area contributed by atoms with Gasteiger partial charge in [-0.3, -0.25) is 9.36 Å². The predicted octanol–water partition coefficient (Wildman–Crippen LogP) is 2.62. The molecule has 3 aromatic rings. The van der Waals surface area contributed by atoms with Gasteiger partial charge in [0.1, 0.15) is 17.0 Å². The first-order valence-electron chi connectivity index (χ1n) is 7.21. The van der Waals surface area contributed by atoms with Crippen molar-refractivity contribution >= 4 is 11.2 Å². The zero-order chi connectivity index (χ0) is 15.1. The summed E-state index contributed by atoms with van der Waals surface area (Å²) in [7, 11) is 0. The Labute approximate surface area is 126 Å². The summed E-state index contributed by atoms with van der Waals surface area (Å²) in [6.45, 7) is 1.72. The molecule has 1 aliphatic carbocycles. The Balaban J connectivity index is 1.84. The lowest BCUT2D eigenvalue weighted by atomic mass is 10.3. The topological polar surface area (TPSA) is 69.9 Å². The zero-order valence-corrected chi connectivity index (χ0v) is 12.1. The summed E-state index contributed by atoms with van der Waals surface area (Å²) in [5.41, 5.74) is 1.54. The smallest absolute Gasteiger partial charge is 0.324 e. The molecule has 110 valence electrons. The van der Waals surface area contributed by atoms with E-state index >= 15 is 0 Å². The molecule has 0 atom stereocenters. The zero-order valence-electron chi connectivity index (χ0n) is 12.1. The number of fused-ring (bicyclic) bond motifs is 1. The number of aromatic nitrogens is 4. The summed E-state index contributed by atoms with van der Waals surface area (Å²) in [5, 5.41) is 0. The lowest BCUT2D eigenvalue weighted by Gasteiger charge is -2.10. The maximum Gasteiger partial charge on any atom is 0.324 e. The van der Waals surface area contributed by atoms with Crippen LogP contribution in [0, 0.1) is 6.92 Å². The van der Waals surface area contributed by atoms with Crippen LogP contribution in [0.15, 0.2) is 41.3 Å². The fourth-order valence-corrected chi connectivity index (χ4v) is 2.42. The van der Waals surface area contributed by atoms with Gasteiger partial charge < -0.3 is 4.74 Å². The number of ether oxygens (including phenoxy) is 1. The Bertz CT molecular complexity index is 901. The maximum absolute atomic E-state index is 12.3. The molecule has 1 saturated carbocycles. The quantitative estimate of drug-likeness (QED) is 0.742. The first-order chi connectivity index (χ1) is 10.7. The van der Waals surface area contributed by atoms with Crippen molar-refractivity contribution in [2.45, 2.75) is 25.8 Å². The summed E-state index contributed by atoms with van der Waals surface area (Å²) in [5.74, 6) is 0.655. The second kappa shape index (κ2) is 4.91. The van der Waals surface area contributed by atoms with Crippen LogP contribution in [0.3, 0.4) is 0 Å². The van der Waals surface area contributed by atoms with Crippen molar-refractivity contribution in [3.8, 4) is 11.8 Å². The normalized spacial score (nSPS) is 14.2. The van der Waals surface area contributed by atoms with E-state index in [2.05, 4.69) is 15.0 Å². The van der Waals surface area contributed by atoms with Crippen molar-refractivity contribution < 1.29 is 4.74 Å². The van der Waals surface area contributed by atoms with E-state index in [0.717, 1.165) is 12.8 Å². The van der Waals surface area contributed by atoms with Gasteiger partial charge in [-0.2, -0.15) is 4.98 Å². The molecule has 0 bridgehead atoms.